The molecular formula is C16H16N4OS. The average Bonchev–Trinajstić information content (AvgIpc) is 2.94. The summed E-state index contributed by atoms with van der Waals surface area (Å²) >= 11 is 1.45. The Balaban J connectivity index is 1.70. The monoisotopic (exact) mass is 312 g/mol. The molecule has 3 rings (SSSR count). The number of nitrogen functional groups attached to an aromatic ring is 1. The van der Waals surface area contributed by atoms with E-state index in [1.165, 1.54) is 17.3 Å². The molecule has 0 radical (unpaired) electrons. The molecule has 0 unspecified atom stereocenters. The quantitative estimate of drug-likeness (QED) is 0.585. The average molecular weight is 312 g/mol. The van der Waals surface area contributed by atoms with Crippen LogP contribution in [0.5, 0.6) is 0 Å². The predicted molar refractivity (Wildman–Crippen MR) is 87.4 cm³/mol. The number of aromatic nitrogens is 3. The Labute approximate surface area is 133 Å². The SMILES string of the molecule is Cc1ccc(-c2cnc(CSc3nc(C)cc(N)n3)o2)cc1. The first-order valence-electron chi connectivity index (χ1n) is 6.86. The number of anilines is 1. The van der Waals surface area contributed by atoms with Crippen LogP contribution in [-0.4, -0.2) is 15.0 Å². The van der Waals surface area contributed by atoms with E-state index < -0.39 is 0 Å². The van der Waals surface area contributed by atoms with E-state index in [4.69, 9.17) is 10.2 Å². The molecule has 0 atom stereocenters. The van der Waals surface area contributed by atoms with Gasteiger partial charge in [-0.2, -0.15) is 0 Å². The summed E-state index contributed by atoms with van der Waals surface area (Å²) in [5, 5.41) is 0.632. The molecule has 1 aromatic carbocycles. The minimum atomic E-state index is 0.475. The molecule has 2 aromatic heterocycles. The molecule has 0 saturated heterocycles. The smallest absolute Gasteiger partial charge is 0.205 e. The van der Waals surface area contributed by atoms with Gasteiger partial charge in [-0.15, -0.1) is 0 Å². The highest BCUT2D eigenvalue weighted by atomic mass is 32.2. The van der Waals surface area contributed by atoms with Gasteiger partial charge in [0.25, 0.3) is 0 Å². The second kappa shape index (κ2) is 6.19. The number of nitrogens with two attached hydrogens (primary N) is 1. The molecule has 0 aliphatic heterocycles. The Hall–Kier alpha value is -2.34. The first kappa shape index (κ1) is 14.6. The minimum absolute atomic E-state index is 0.475. The van der Waals surface area contributed by atoms with E-state index in [-0.39, 0.29) is 0 Å². The van der Waals surface area contributed by atoms with E-state index >= 15 is 0 Å². The third-order valence-electron chi connectivity index (χ3n) is 3.07. The summed E-state index contributed by atoms with van der Waals surface area (Å²) in [6.07, 6.45) is 1.74. The molecule has 2 N–H and O–H groups in total. The molecule has 0 spiro atoms. The summed E-state index contributed by atoms with van der Waals surface area (Å²) in [6, 6.07) is 9.89. The molecule has 0 bridgehead atoms. The summed E-state index contributed by atoms with van der Waals surface area (Å²) < 4.78 is 5.77. The van der Waals surface area contributed by atoms with Crippen LogP contribution < -0.4 is 5.73 Å². The van der Waals surface area contributed by atoms with Crippen molar-refractivity contribution >= 4 is 17.6 Å². The van der Waals surface area contributed by atoms with Gasteiger partial charge in [0, 0.05) is 17.3 Å². The van der Waals surface area contributed by atoms with Gasteiger partial charge < -0.3 is 10.2 Å². The highest BCUT2D eigenvalue weighted by Gasteiger charge is 2.08. The zero-order valence-electron chi connectivity index (χ0n) is 12.4. The Morgan fingerprint density at radius 1 is 1.14 bits per heavy atom. The highest BCUT2D eigenvalue weighted by molar-refractivity contribution is 7.98. The van der Waals surface area contributed by atoms with Crippen LogP contribution in [0, 0.1) is 13.8 Å². The lowest BCUT2D eigenvalue weighted by molar-refractivity contribution is 0.530. The molecular weight excluding hydrogens is 296 g/mol. The van der Waals surface area contributed by atoms with Crippen molar-refractivity contribution in [1.82, 2.24) is 15.0 Å². The first-order valence-corrected chi connectivity index (χ1v) is 7.84. The lowest BCUT2D eigenvalue weighted by Crippen LogP contribution is -1.96. The van der Waals surface area contributed by atoms with Crippen LogP contribution in [0.3, 0.4) is 0 Å². The standard InChI is InChI=1S/C16H16N4OS/c1-10-3-5-12(6-4-10)13-8-18-15(21-13)9-22-16-19-11(2)7-14(17)20-16/h3-8H,9H2,1-2H3,(H2,17,19,20). The van der Waals surface area contributed by atoms with Crippen molar-refractivity contribution < 1.29 is 4.42 Å². The molecule has 0 amide bonds. The fraction of sp³-hybridized carbons (Fsp3) is 0.188. The maximum Gasteiger partial charge on any atom is 0.205 e. The van der Waals surface area contributed by atoms with Crippen LogP contribution >= 0.6 is 11.8 Å². The van der Waals surface area contributed by atoms with Gasteiger partial charge in [0.05, 0.1) is 11.9 Å². The normalized spacial score (nSPS) is 10.8. The van der Waals surface area contributed by atoms with Gasteiger partial charge in [0.2, 0.25) is 5.89 Å². The van der Waals surface area contributed by atoms with Gasteiger partial charge in [0.15, 0.2) is 10.9 Å². The molecule has 2 heterocycles. The largest absolute Gasteiger partial charge is 0.440 e. The molecule has 0 fully saturated rings. The molecule has 6 heteroatoms. The summed E-state index contributed by atoms with van der Waals surface area (Å²) in [5.41, 5.74) is 8.80. The fourth-order valence-corrected chi connectivity index (χ4v) is 2.75. The predicted octanol–water partition coefficient (Wildman–Crippen LogP) is 3.62. The van der Waals surface area contributed by atoms with Crippen molar-refractivity contribution in [2.24, 2.45) is 0 Å². The van der Waals surface area contributed by atoms with Crippen molar-refractivity contribution in [1.29, 1.82) is 0 Å². The second-order valence-corrected chi connectivity index (χ2v) is 5.93. The van der Waals surface area contributed by atoms with Crippen LogP contribution in [0.2, 0.25) is 0 Å². The molecule has 0 aliphatic rings. The number of nitrogens with zero attached hydrogens (tertiary/aromatic N) is 3. The van der Waals surface area contributed by atoms with Gasteiger partial charge in [-0.05, 0) is 13.8 Å². The molecule has 0 saturated carbocycles. The number of hydrogen-bond acceptors (Lipinski definition) is 6. The third kappa shape index (κ3) is 3.46. The van der Waals surface area contributed by atoms with Crippen molar-refractivity contribution in [2.45, 2.75) is 24.8 Å². The summed E-state index contributed by atoms with van der Waals surface area (Å²) in [4.78, 5) is 12.8. The summed E-state index contributed by atoms with van der Waals surface area (Å²) in [6.45, 7) is 3.95. The first-order chi connectivity index (χ1) is 10.6. The van der Waals surface area contributed by atoms with Crippen molar-refractivity contribution in [3.8, 4) is 11.3 Å². The maximum atomic E-state index is 5.77. The lowest BCUT2D eigenvalue weighted by atomic mass is 10.1. The Kier molecular flexibility index (Phi) is 4.11. The number of aryl methyl sites for hydroxylation is 2. The second-order valence-electron chi connectivity index (χ2n) is 4.99. The number of thioether (sulfide) groups is 1. The maximum absolute atomic E-state index is 5.77. The molecule has 0 aliphatic carbocycles. The van der Waals surface area contributed by atoms with Crippen LogP contribution in [0.4, 0.5) is 5.82 Å². The molecule has 112 valence electrons. The van der Waals surface area contributed by atoms with Gasteiger partial charge in [0.1, 0.15) is 5.82 Å². The molecule has 5 nitrogen and oxygen atoms in total. The molecule has 22 heavy (non-hydrogen) atoms. The zero-order valence-corrected chi connectivity index (χ0v) is 13.2. The van der Waals surface area contributed by atoms with Gasteiger partial charge >= 0.3 is 0 Å². The van der Waals surface area contributed by atoms with Crippen molar-refractivity contribution in [2.75, 3.05) is 5.73 Å². The number of benzene rings is 1. The van der Waals surface area contributed by atoms with Crippen LogP contribution in [0.25, 0.3) is 11.3 Å². The Morgan fingerprint density at radius 2 is 1.91 bits per heavy atom. The van der Waals surface area contributed by atoms with Gasteiger partial charge in [-0.25, -0.2) is 15.0 Å². The summed E-state index contributed by atoms with van der Waals surface area (Å²) in [5.74, 6) is 2.45. The van der Waals surface area contributed by atoms with Crippen molar-refractivity contribution in [3.63, 3.8) is 0 Å². The number of rotatable bonds is 4. The minimum Gasteiger partial charge on any atom is -0.440 e. The van der Waals surface area contributed by atoms with Gasteiger partial charge in [-0.1, -0.05) is 41.6 Å². The Bertz CT molecular complexity index is 763. The van der Waals surface area contributed by atoms with E-state index in [1.54, 1.807) is 12.3 Å². The van der Waals surface area contributed by atoms with E-state index in [0.29, 0.717) is 22.6 Å². The summed E-state index contributed by atoms with van der Waals surface area (Å²) in [7, 11) is 0. The van der Waals surface area contributed by atoms with E-state index in [9.17, 15) is 0 Å². The third-order valence-corrected chi connectivity index (χ3v) is 3.90. The van der Waals surface area contributed by atoms with Crippen molar-refractivity contribution in [3.05, 3.63) is 53.7 Å². The van der Waals surface area contributed by atoms with Crippen LogP contribution in [-0.2, 0) is 5.75 Å². The number of hydrogen-bond donors (Lipinski definition) is 1. The number of oxazole rings is 1. The molecule has 3 aromatic rings. The van der Waals surface area contributed by atoms with E-state index in [2.05, 4.69) is 34.0 Å². The highest BCUT2D eigenvalue weighted by Crippen LogP contribution is 2.25. The fourth-order valence-electron chi connectivity index (χ4n) is 1.98. The Morgan fingerprint density at radius 3 is 2.64 bits per heavy atom. The lowest BCUT2D eigenvalue weighted by Gasteiger charge is -2.01. The zero-order chi connectivity index (χ0) is 15.5. The van der Waals surface area contributed by atoms with E-state index in [1.807, 2.05) is 19.1 Å². The van der Waals surface area contributed by atoms with Crippen LogP contribution in [0.15, 0.2) is 46.1 Å². The van der Waals surface area contributed by atoms with Crippen LogP contribution in [0.1, 0.15) is 17.1 Å². The van der Waals surface area contributed by atoms with Gasteiger partial charge in [-0.3, -0.25) is 0 Å². The van der Waals surface area contributed by atoms with E-state index in [0.717, 1.165) is 17.0 Å². The topological polar surface area (TPSA) is 77.8 Å².